The van der Waals surface area contributed by atoms with Crippen molar-refractivity contribution in [2.45, 2.75) is 142 Å². The van der Waals surface area contributed by atoms with Crippen molar-refractivity contribution in [3.05, 3.63) is 178 Å². The summed E-state index contributed by atoms with van der Waals surface area (Å²) >= 11 is 2.01. The van der Waals surface area contributed by atoms with Crippen LogP contribution in [-0.2, 0) is 0 Å². The molecule has 2 aromatic rings. The Labute approximate surface area is 385 Å². The fourth-order valence-electron chi connectivity index (χ4n) is 14.2. The molecule has 12 atom stereocenters. The predicted octanol–water partition coefficient (Wildman–Crippen LogP) is 10.9. The summed E-state index contributed by atoms with van der Waals surface area (Å²) in [6.45, 7) is 0. The molecule has 0 amide bonds. The molecule has 1 fully saturated rings. The highest BCUT2D eigenvalue weighted by molar-refractivity contribution is 8.00. The van der Waals surface area contributed by atoms with Gasteiger partial charge < -0.3 is 15.5 Å². The molecule has 7 aliphatic carbocycles. The number of hydrogen-bond donors (Lipinski definition) is 4. The van der Waals surface area contributed by atoms with Crippen LogP contribution in [0.5, 0.6) is 0 Å². The topological polar surface area (TPSA) is 68.6 Å². The molecule has 328 valence electrons. The summed E-state index contributed by atoms with van der Waals surface area (Å²) in [6.07, 6.45) is 46.8. The Balaban J connectivity index is 0.819. The second kappa shape index (κ2) is 16.4. The zero-order valence-corrected chi connectivity index (χ0v) is 37.9. The fourth-order valence-corrected chi connectivity index (χ4v) is 15.5. The molecule has 0 aromatic heterocycles. The van der Waals surface area contributed by atoms with Crippen LogP contribution in [0.1, 0.15) is 112 Å². The Bertz CT molecular complexity index is 2520. The van der Waals surface area contributed by atoms with E-state index in [1.54, 1.807) is 22.5 Å². The number of allylic oxidation sites excluding steroid dienone is 10. The Hall–Kier alpha value is -4.53. The van der Waals surface area contributed by atoms with Gasteiger partial charge >= 0.3 is 0 Å². The highest BCUT2D eigenvalue weighted by Crippen LogP contribution is 2.58. The minimum absolute atomic E-state index is 0.00906. The third-order valence-corrected chi connectivity index (χ3v) is 18.5. The van der Waals surface area contributed by atoms with Crippen LogP contribution in [0.15, 0.2) is 166 Å². The summed E-state index contributed by atoms with van der Waals surface area (Å²) in [5.74, 6) is 1.68. The van der Waals surface area contributed by atoms with E-state index >= 15 is 0 Å². The molecule has 64 heavy (non-hydrogen) atoms. The van der Waals surface area contributed by atoms with Crippen molar-refractivity contribution in [3.8, 4) is 0 Å². The molecule has 13 rings (SSSR count). The van der Waals surface area contributed by atoms with E-state index in [9.17, 15) is 0 Å². The largest absolute Gasteiger partial charge is 0.401 e. The number of rotatable bonds is 6. The molecule has 12 unspecified atom stereocenters. The van der Waals surface area contributed by atoms with E-state index in [4.69, 9.17) is 5.73 Å². The van der Waals surface area contributed by atoms with Gasteiger partial charge in [-0.1, -0.05) is 121 Å². The Morgan fingerprint density at radius 2 is 1.56 bits per heavy atom. The minimum Gasteiger partial charge on any atom is -0.401 e. The van der Waals surface area contributed by atoms with Gasteiger partial charge in [0.2, 0.25) is 0 Å². The second-order valence-corrected chi connectivity index (χ2v) is 21.7. The quantitative estimate of drug-likeness (QED) is 0.216. The van der Waals surface area contributed by atoms with Crippen LogP contribution >= 0.6 is 11.8 Å². The van der Waals surface area contributed by atoms with Crippen molar-refractivity contribution in [1.29, 1.82) is 0 Å². The highest BCUT2D eigenvalue weighted by Gasteiger charge is 2.55. The van der Waals surface area contributed by atoms with E-state index in [-0.39, 0.29) is 30.5 Å². The number of nitrogens with one attached hydrogen (secondary N) is 3. The highest BCUT2D eigenvalue weighted by atomic mass is 32.2. The first-order chi connectivity index (χ1) is 31.6. The summed E-state index contributed by atoms with van der Waals surface area (Å²) in [4.78, 5) is 7.34. The van der Waals surface area contributed by atoms with E-state index in [0.29, 0.717) is 41.1 Å². The summed E-state index contributed by atoms with van der Waals surface area (Å²) in [7, 11) is 0. The van der Waals surface area contributed by atoms with Gasteiger partial charge in [-0.25, -0.2) is 0 Å². The van der Waals surface area contributed by atoms with Gasteiger partial charge in [0, 0.05) is 63.0 Å². The van der Waals surface area contributed by atoms with E-state index in [1.165, 1.54) is 90.5 Å². The molecule has 0 bridgehead atoms. The first kappa shape index (κ1) is 39.8. The van der Waals surface area contributed by atoms with Crippen molar-refractivity contribution < 1.29 is 0 Å². The molecular formula is C57H64N6S. The van der Waals surface area contributed by atoms with Gasteiger partial charge in [0.25, 0.3) is 0 Å². The SMILES string of the molecule is NC1=CC(C2NC(C3=CC=C(c4ccccc4)CC3)NC(c3ccc4c(c3)C3C=CC=CC3S4)N2)CCC1N1C2=C(CCC3C2C2=C(CCCC2)N3C2CC=CCC2)C2C=CC=CC21. The third kappa shape index (κ3) is 6.69. The smallest absolute Gasteiger partial charge is 0.0862 e. The van der Waals surface area contributed by atoms with E-state index in [2.05, 4.69) is 153 Å². The van der Waals surface area contributed by atoms with Crippen molar-refractivity contribution >= 4 is 17.3 Å². The lowest BCUT2D eigenvalue weighted by Gasteiger charge is -2.47. The average Bonchev–Trinajstić information content (AvgIpc) is 4.02. The zero-order chi connectivity index (χ0) is 42.3. The second-order valence-electron chi connectivity index (χ2n) is 20.5. The van der Waals surface area contributed by atoms with Gasteiger partial charge in [0.1, 0.15) is 0 Å². The minimum atomic E-state index is 0.00906. The lowest BCUT2D eigenvalue weighted by Crippen LogP contribution is -2.66. The van der Waals surface area contributed by atoms with Gasteiger partial charge in [-0.2, -0.15) is 0 Å². The first-order valence-corrected chi connectivity index (χ1v) is 25.9. The number of nitrogens with two attached hydrogens (primary N) is 1. The molecule has 6 nitrogen and oxygen atoms in total. The van der Waals surface area contributed by atoms with Crippen molar-refractivity contribution in [2.24, 2.45) is 23.5 Å². The predicted molar refractivity (Wildman–Crippen MR) is 262 cm³/mol. The Morgan fingerprint density at radius 3 is 2.42 bits per heavy atom. The van der Waals surface area contributed by atoms with Crippen LogP contribution in [0.2, 0.25) is 0 Å². The Kier molecular flexibility index (Phi) is 10.2. The van der Waals surface area contributed by atoms with Crippen molar-refractivity contribution in [1.82, 2.24) is 25.8 Å². The van der Waals surface area contributed by atoms with E-state index in [1.807, 2.05) is 11.8 Å². The van der Waals surface area contributed by atoms with Crippen LogP contribution in [-0.4, -0.2) is 51.5 Å². The molecule has 4 aliphatic heterocycles. The summed E-state index contributed by atoms with van der Waals surface area (Å²) < 4.78 is 0. The molecule has 1 saturated heterocycles. The van der Waals surface area contributed by atoms with Crippen LogP contribution in [0.25, 0.3) is 5.57 Å². The fraction of sp³-hybridized carbons (Fsp3) is 0.439. The van der Waals surface area contributed by atoms with Crippen molar-refractivity contribution in [2.75, 3.05) is 0 Å². The molecule has 5 N–H and O–H groups in total. The first-order valence-electron chi connectivity index (χ1n) is 25.0. The summed E-state index contributed by atoms with van der Waals surface area (Å²) in [5.41, 5.74) is 22.5. The molecule has 4 heterocycles. The Morgan fingerprint density at radius 1 is 0.703 bits per heavy atom. The van der Waals surface area contributed by atoms with Crippen LogP contribution in [0.3, 0.4) is 0 Å². The molecule has 7 heteroatoms. The van der Waals surface area contributed by atoms with Crippen LogP contribution in [0.4, 0.5) is 0 Å². The summed E-state index contributed by atoms with van der Waals surface area (Å²) in [5, 5.41) is 12.8. The molecule has 0 spiro atoms. The van der Waals surface area contributed by atoms with Crippen LogP contribution < -0.4 is 21.7 Å². The molecule has 0 radical (unpaired) electrons. The zero-order valence-electron chi connectivity index (χ0n) is 37.1. The van der Waals surface area contributed by atoms with Gasteiger partial charge in [0.05, 0.1) is 30.6 Å². The molecule has 11 aliphatic rings. The lowest BCUT2D eigenvalue weighted by molar-refractivity contribution is 0.129. The molecule has 0 saturated carbocycles. The maximum Gasteiger partial charge on any atom is 0.0862 e. The summed E-state index contributed by atoms with van der Waals surface area (Å²) in [6, 6.07) is 19.9. The number of hydrogen-bond acceptors (Lipinski definition) is 7. The molecule has 2 aromatic carbocycles. The number of thioether (sulfide) groups is 1. The lowest BCUT2D eigenvalue weighted by atomic mass is 9.75. The monoisotopic (exact) mass is 864 g/mol. The van der Waals surface area contributed by atoms with Crippen LogP contribution in [0, 0.1) is 17.8 Å². The number of nitrogens with zero attached hydrogens (tertiary/aromatic N) is 2. The third-order valence-electron chi connectivity index (χ3n) is 17.1. The standard InChI is InChI=1S/C57H64N6S/c58-46-34-39(27-30-49(46)63-47-20-10-7-17-41(47)43-29-31-50-53(54(43)63)44-19-8-11-21-48(44)62(50)40-15-5-2-6-16-40)57-60-55(37-25-23-36(24-26-37)35-13-3-1-4-14-35)59-56(61-57)38-28-32-52-45(33-38)42-18-9-12-22-51(42)64-52/h1-5,7,9-10,12-14,17-18,20,22-23,25,28,32-34,39-42,47,49-51,53,55-57,59-61H,6,8,11,15-16,19,21,24,26-27,29-31,58H2. The molecular weight excluding hydrogens is 801 g/mol. The van der Waals surface area contributed by atoms with Crippen molar-refractivity contribution in [3.63, 3.8) is 0 Å². The maximum atomic E-state index is 7.55. The van der Waals surface area contributed by atoms with Gasteiger partial charge in [-0.05, 0) is 129 Å². The van der Waals surface area contributed by atoms with E-state index in [0.717, 1.165) is 31.4 Å². The normalized spacial score (nSPS) is 37.1. The van der Waals surface area contributed by atoms with Gasteiger partial charge in [0.15, 0.2) is 0 Å². The van der Waals surface area contributed by atoms with Gasteiger partial charge in [-0.15, -0.1) is 11.8 Å². The van der Waals surface area contributed by atoms with E-state index < -0.39 is 0 Å². The number of benzene rings is 2. The number of fused-ring (bicyclic) bond motifs is 8. The average molecular weight is 865 g/mol. The maximum absolute atomic E-state index is 7.55. The van der Waals surface area contributed by atoms with Gasteiger partial charge in [-0.3, -0.25) is 16.0 Å².